The first-order valence-electron chi connectivity index (χ1n) is 6.80. The van der Waals surface area contributed by atoms with Crippen LogP contribution >= 0.6 is 0 Å². The van der Waals surface area contributed by atoms with Gasteiger partial charge in [-0.1, -0.05) is 12.1 Å². The lowest BCUT2D eigenvalue weighted by molar-refractivity contribution is -0.137. The molecule has 0 heterocycles. The lowest BCUT2D eigenvalue weighted by atomic mass is 10.0. The third-order valence-corrected chi connectivity index (χ3v) is 3.13. The molecule has 2 nitrogen and oxygen atoms in total. The summed E-state index contributed by atoms with van der Waals surface area (Å²) in [6.07, 6.45) is -3.18. The van der Waals surface area contributed by atoms with Crippen LogP contribution in [0.15, 0.2) is 42.5 Å². The van der Waals surface area contributed by atoms with Crippen LogP contribution in [0.3, 0.4) is 0 Å². The van der Waals surface area contributed by atoms with Crippen molar-refractivity contribution in [2.75, 3.05) is 6.61 Å². The number of hydrogen-bond donors (Lipinski definition) is 0. The van der Waals surface area contributed by atoms with Crippen LogP contribution in [-0.2, 0) is 12.6 Å². The summed E-state index contributed by atoms with van der Waals surface area (Å²) in [6.45, 7) is 2.31. The Morgan fingerprint density at radius 3 is 2.27 bits per heavy atom. The minimum atomic E-state index is -4.34. The van der Waals surface area contributed by atoms with E-state index in [4.69, 9.17) is 4.74 Å². The van der Waals surface area contributed by atoms with Crippen molar-refractivity contribution >= 4 is 6.29 Å². The normalized spacial score (nSPS) is 11.3. The van der Waals surface area contributed by atoms with Crippen LogP contribution in [0, 0.1) is 0 Å². The third kappa shape index (κ3) is 4.10. The fraction of sp³-hybridized carbons (Fsp3) is 0.235. The van der Waals surface area contributed by atoms with Crippen molar-refractivity contribution in [1.82, 2.24) is 0 Å². The highest BCUT2D eigenvalue weighted by atomic mass is 19.4. The molecule has 2 aromatic carbocycles. The van der Waals surface area contributed by atoms with Gasteiger partial charge in [0.25, 0.3) is 0 Å². The quantitative estimate of drug-likeness (QED) is 0.760. The zero-order valence-electron chi connectivity index (χ0n) is 12.0. The van der Waals surface area contributed by atoms with Gasteiger partial charge >= 0.3 is 6.18 Å². The smallest absolute Gasteiger partial charge is 0.416 e. The third-order valence-electron chi connectivity index (χ3n) is 3.13. The lowest BCUT2D eigenvalue weighted by Gasteiger charge is -2.10. The van der Waals surface area contributed by atoms with Gasteiger partial charge < -0.3 is 4.74 Å². The second kappa shape index (κ2) is 6.64. The fourth-order valence-electron chi connectivity index (χ4n) is 2.15. The number of ether oxygens (including phenoxy) is 1. The zero-order valence-corrected chi connectivity index (χ0v) is 12.0. The Bertz CT molecular complexity index is 646. The molecule has 0 bridgehead atoms. The molecule has 0 aromatic heterocycles. The largest absolute Gasteiger partial charge is 0.494 e. The van der Waals surface area contributed by atoms with Crippen LogP contribution in [0.1, 0.15) is 34.0 Å². The van der Waals surface area contributed by atoms with Crippen LogP contribution in [0.5, 0.6) is 5.75 Å². The SMILES string of the molecule is CCOc1cc(C=O)cc(Cc2ccc(C(F)(F)F)cc2)c1. The van der Waals surface area contributed by atoms with E-state index in [-0.39, 0.29) is 0 Å². The van der Waals surface area contributed by atoms with Crippen LogP contribution in [0.25, 0.3) is 0 Å². The minimum Gasteiger partial charge on any atom is -0.494 e. The lowest BCUT2D eigenvalue weighted by Crippen LogP contribution is -2.04. The summed E-state index contributed by atoms with van der Waals surface area (Å²) >= 11 is 0. The van der Waals surface area contributed by atoms with E-state index in [1.54, 1.807) is 18.2 Å². The van der Waals surface area contributed by atoms with Crippen LogP contribution in [-0.4, -0.2) is 12.9 Å². The van der Waals surface area contributed by atoms with Crippen molar-refractivity contribution in [3.05, 3.63) is 64.7 Å². The molecule has 116 valence electrons. The van der Waals surface area contributed by atoms with E-state index < -0.39 is 11.7 Å². The van der Waals surface area contributed by atoms with Gasteiger partial charge in [-0.3, -0.25) is 4.79 Å². The van der Waals surface area contributed by atoms with Gasteiger partial charge in [-0.15, -0.1) is 0 Å². The molecule has 0 atom stereocenters. The Hall–Kier alpha value is -2.30. The number of aldehydes is 1. The van der Waals surface area contributed by atoms with E-state index in [1.165, 1.54) is 12.1 Å². The summed E-state index contributed by atoms with van der Waals surface area (Å²) in [7, 11) is 0. The molecular weight excluding hydrogens is 293 g/mol. The molecule has 22 heavy (non-hydrogen) atoms. The first kappa shape index (κ1) is 16.1. The molecular formula is C17H15F3O2. The van der Waals surface area contributed by atoms with Crippen LogP contribution in [0.2, 0.25) is 0 Å². The van der Waals surface area contributed by atoms with E-state index in [0.717, 1.165) is 29.5 Å². The van der Waals surface area contributed by atoms with Gasteiger partial charge in [-0.05, 0) is 54.8 Å². The molecule has 0 amide bonds. The number of rotatable bonds is 5. The number of benzene rings is 2. The highest BCUT2D eigenvalue weighted by molar-refractivity contribution is 5.76. The van der Waals surface area contributed by atoms with Crippen molar-refractivity contribution in [3.63, 3.8) is 0 Å². The second-order valence-corrected chi connectivity index (χ2v) is 4.83. The predicted octanol–water partition coefficient (Wildman–Crippen LogP) is 4.51. The Morgan fingerprint density at radius 2 is 1.73 bits per heavy atom. The van der Waals surface area contributed by atoms with Gasteiger partial charge in [0, 0.05) is 5.56 Å². The van der Waals surface area contributed by atoms with Gasteiger partial charge in [-0.2, -0.15) is 13.2 Å². The molecule has 0 fully saturated rings. The number of hydrogen-bond acceptors (Lipinski definition) is 2. The highest BCUT2D eigenvalue weighted by Gasteiger charge is 2.29. The number of halogens is 3. The molecule has 2 aromatic rings. The highest BCUT2D eigenvalue weighted by Crippen LogP contribution is 2.29. The average molecular weight is 308 g/mol. The number of alkyl halides is 3. The molecule has 0 aliphatic carbocycles. The maximum absolute atomic E-state index is 12.5. The molecule has 0 spiro atoms. The molecule has 5 heteroatoms. The van der Waals surface area contributed by atoms with Gasteiger partial charge in [-0.25, -0.2) is 0 Å². The van der Waals surface area contributed by atoms with Crippen LogP contribution in [0.4, 0.5) is 13.2 Å². The Morgan fingerprint density at radius 1 is 1.05 bits per heavy atom. The van der Waals surface area contributed by atoms with Gasteiger partial charge in [0.05, 0.1) is 12.2 Å². The van der Waals surface area contributed by atoms with Gasteiger partial charge in [0.1, 0.15) is 12.0 Å². The molecule has 2 rings (SSSR count). The predicted molar refractivity (Wildman–Crippen MR) is 77.2 cm³/mol. The summed E-state index contributed by atoms with van der Waals surface area (Å²) < 4.78 is 43.0. The van der Waals surface area contributed by atoms with Crippen molar-refractivity contribution in [1.29, 1.82) is 0 Å². The molecule has 0 radical (unpaired) electrons. The summed E-state index contributed by atoms with van der Waals surface area (Å²) in [5.74, 6) is 0.578. The standard InChI is InChI=1S/C17H15F3O2/c1-2-22-16-9-13(8-14(10-16)11-21)7-12-3-5-15(6-4-12)17(18,19)20/h3-6,8-11H,2,7H2,1H3. The number of carbonyl (C=O) groups is 1. The van der Waals surface area contributed by atoms with E-state index in [0.29, 0.717) is 24.3 Å². The van der Waals surface area contributed by atoms with Crippen molar-refractivity contribution in [2.24, 2.45) is 0 Å². The Balaban J connectivity index is 2.22. The maximum atomic E-state index is 12.5. The molecule has 0 saturated heterocycles. The molecule has 0 N–H and O–H groups in total. The first-order chi connectivity index (χ1) is 10.4. The van der Waals surface area contributed by atoms with E-state index in [2.05, 4.69) is 0 Å². The van der Waals surface area contributed by atoms with Crippen LogP contribution < -0.4 is 4.74 Å². The fourth-order valence-corrected chi connectivity index (χ4v) is 2.15. The molecule has 0 aliphatic rings. The van der Waals surface area contributed by atoms with E-state index in [9.17, 15) is 18.0 Å². The molecule has 0 saturated carbocycles. The topological polar surface area (TPSA) is 26.3 Å². The Kier molecular flexibility index (Phi) is 4.85. The summed E-state index contributed by atoms with van der Waals surface area (Å²) in [4.78, 5) is 10.9. The summed E-state index contributed by atoms with van der Waals surface area (Å²) in [5, 5.41) is 0. The maximum Gasteiger partial charge on any atom is 0.416 e. The minimum absolute atomic E-state index is 0.430. The zero-order chi connectivity index (χ0) is 16.2. The molecule has 0 aliphatic heterocycles. The monoisotopic (exact) mass is 308 g/mol. The van der Waals surface area contributed by atoms with E-state index >= 15 is 0 Å². The van der Waals surface area contributed by atoms with E-state index in [1.807, 2.05) is 6.92 Å². The second-order valence-electron chi connectivity index (χ2n) is 4.83. The van der Waals surface area contributed by atoms with Crippen molar-refractivity contribution < 1.29 is 22.7 Å². The van der Waals surface area contributed by atoms with Crippen molar-refractivity contribution in [2.45, 2.75) is 19.5 Å². The summed E-state index contributed by atoms with van der Waals surface area (Å²) in [6, 6.07) is 10.1. The molecule has 0 unspecified atom stereocenters. The number of carbonyl (C=O) groups excluding carboxylic acids is 1. The first-order valence-corrected chi connectivity index (χ1v) is 6.80. The van der Waals surface area contributed by atoms with Crippen molar-refractivity contribution in [3.8, 4) is 5.75 Å². The Labute approximate surface area is 126 Å². The summed E-state index contributed by atoms with van der Waals surface area (Å²) in [5.41, 5.74) is 1.35. The van der Waals surface area contributed by atoms with Gasteiger partial charge in [0.15, 0.2) is 0 Å². The average Bonchev–Trinajstić information content (AvgIpc) is 2.47. The van der Waals surface area contributed by atoms with Gasteiger partial charge in [0.2, 0.25) is 0 Å².